The molecule has 0 spiro atoms. The van der Waals surface area contributed by atoms with Gasteiger partial charge in [0, 0.05) is 29.4 Å². The fourth-order valence-electron chi connectivity index (χ4n) is 3.42. The highest BCUT2D eigenvalue weighted by Gasteiger charge is 2.41. The van der Waals surface area contributed by atoms with Crippen LogP contribution in [0.15, 0.2) is 54.7 Å². The van der Waals surface area contributed by atoms with Crippen molar-refractivity contribution >= 4 is 11.5 Å². The highest BCUT2D eigenvalue weighted by Crippen LogP contribution is 2.43. The predicted octanol–water partition coefficient (Wildman–Crippen LogP) is 4.02. The molecule has 0 aliphatic heterocycles. The molecule has 154 valence electrons. The first-order valence-corrected chi connectivity index (χ1v) is 9.61. The minimum Gasteiger partial charge on any atom is -0.450 e. The zero-order valence-corrected chi connectivity index (χ0v) is 16.8. The summed E-state index contributed by atoms with van der Waals surface area (Å²) in [6.07, 6.45) is 11.1. The minimum absolute atomic E-state index is 0.239. The molecule has 0 unspecified atom stereocenters. The zero-order chi connectivity index (χ0) is 21.4. The molecule has 7 heteroatoms. The second-order valence-corrected chi connectivity index (χ2v) is 7.07. The Morgan fingerprint density at radius 2 is 2.00 bits per heavy atom. The lowest BCUT2D eigenvalue weighted by Gasteiger charge is -2.41. The van der Waals surface area contributed by atoms with E-state index >= 15 is 0 Å². The molecule has 6 nitrogen and oxygen atoms in total. The summed E-state index contributed by atoms with van der Waals surface area (Å²) in [5.74, 6) is 0.428. The van der Waals surface area contributed by atoms with Gasteiger partial charge in [-0.25, -0.2) is 4.39 Å². The van der Waals surface area contributed by atoms with Crippen molar-refractivity contribution in [2.45, 2.75) is 24.7 Å². The summed E-state index contributed by atoms with van der Waals surface area (Å²) in [6, 6.07) is 14.4. The van der Waals surface area contributed by atoms with Gasteiger partial charge in [0.05, 0.1) is 18.5 Å². The largest absolute Gasteiger partial charge is 0.450 e. The number of hydrogen-bond donors (Lipinski definition) is 2. The quantitative estimate of drug-likeness (QED) is 0.493. The fraction of sp³-hybridized carbons (Fsp3) is 0.261. The number of pyridine rings is 1. The summed E-state index contributed by atoms with van der Waals surface area (Å²) in [5, 5.41) is 11.8. The van der Waals surface area contributed by atoms with Gasteiger partial charge in [-0.1, -0.05) is 25.0 Å². The second kappa shape index (κ2) is 9.70. The Hall–Kier alpha value is -3.66. The topological polar surface area (TPSA) is 86.0 Å². The van der Waals surface area contributed by atoms with Gasteiger partial charge < -0.3 is 15.8 Å². The maximum atomic E-state index is 14.2. The van der Waals surface area contributed by atoms with E-state index in [9.17, 15) is 4.39 Å². The van der Waals surface area contributed by atoms with E-state index in [1.807, 2.05) is 42.5 Å². The molecule has 1 fully saturated rings. The van der Waals surface area contributed by atoms with Crippen LogP contribution in [-0.2, 0) is 10.2 Å². The molecular formula is C23H24FN5O. The van der Waals surface area contributed by atoms with Crippen molar-refractivity contribution in [1.82, 2.24) is 15.2 Å². The SMILES string of the molecule is C#COC.Nc1cccc(-c2ccc(NCC3(c4ncccc4F)CCC3)nn2)c1. The van der Waals surface area contributed by atoms with Gasteiger partial charge in [0.1, 0.15) is 17.7 Å². The lowest BCUT2D eigenvalue weighted by atomic mass is 9.66. The second-order valence-electron chi connectivity index (χ2n) is 7.07. The summed E-state index contributed by atoms with van der Waals surface area (Å²) < 4.78 is 18.2. The number of nitrogens with two attached hydrogens (primary N) is 1. The normalized spacial score (nSPS) is 13.8. The van der Waals surface area contributed by atoms with E-state index in [-0.39, 0.29) is 11.2 Å². The van der Waals surface area contributed by atoms with E-state index in [4.69, 9.17) is 5.73 Å². The first-order valence-electron chi connectivity index (χ1n) is 9.61. The standard InChI is InChI=1S/C20H20FN5.C3H4O/c21-16-6-2-11-23-19(16)20(9-3-10-20)13-24-18-8-7-17(25-26-18)14-4-1-5-15(22)12-14;1-3-4-2/h1-2,4-8,11-12H,3,9-10,13,22H2,(H,24,26);1H,2H3. The molecule has 4 rings (SSSR count). The highest BCUT2D eigenvalue weighted by atomic mass is 19.1. The van der Waals surface area contributed by atoms with Gasteiger partial charge >= 0.3 is 0 Å². The molecule has 0 saturated heterocycles. The number of rotatable bonds is 5. The fourth-order valence-corrected chi connectivity index (χ4v) is 3.42. The highest BCUT2D eigenvalue weighted by molar-refractivity contribution is 5.64. The zero-order valence-electron chi connectivity index (χ0n) is 16.8. The average molecular weight is 405 g/mol. The van der Waals surface area contributed by atoms with Crippen molar-refractivity contribution in [3.05, 3.63) is 66.2 Å². The predicted molar refractivity (Wildman–Crippen MR) is 116 cm³/mol. The van der Waals surface area contributed by atoms with Crippen molar-refractivity contribution < 1.29 is 9.13 Å². The molecule has 30 heavy (non-hydrogen) atoms. The molecule has 2 aromatic heterocycles. The van der Waals surface area contributed by atoms with Gasteiger partial charge in [-0.05, 0) is 49.2 Å². The number of nitrogens with one attached hydrogen (secondary N) is 1. The summed E-state index contributed by atoms with van der Waals surface area (Å²) in [7, 11) is 1.44. The summed E-state index contributed by atoms with van der Waals surface area (Å²) in [4.78, 5) is 4.28. The van der Waals surface area contributed by atoms with Crippen molar-refractivity contribution in [1.29, 1.82) is 0 Å². The van der Waals surface area contributed by atoms with Crippen molar-refractivity contribution in [3.63, 3.8) is 0 Å². The third kappa shape index (κ3) is 4.84. The van der Waals surface area contributed by atoms with Crippen LogP contribution in [0.4, 0.5) is 15.9 Å². The van der Waals surface area contributed by atoms with Crippen LogP contribution in [0.3, 0.4) is 0 Å². The lowest BCUT2D eigenvalue weighted by Crippen LogP contribution is -2.42. The summed E-state index contributed by atoms with van der Waals surface area (Å²) in [5.41, 5.74) is 8.47. The number of ether oxygens (including phenoxy) is 1. The third-order valence-corrected chi connectivity index (χ3v) is 5.14. The Labute approximate surface area is 175 Å². The van der Waals surface area contributed by atoms with E-state index in [1.165, 1.54) is 13.2 Å². The molecule has 0 bridgehead atoms. The molecule has 1 saturated carbocycles. The first-order chi connectivity index (χ1) is 14.6. The molecule has 1 aliphatic carbocycles. The van der Waals surface area contributed by atoms with E-state index in [1.54, 1.807) is 12.3 Å². The maximum absolute atomic E-state index is 14.2. The van der Waals surface area contributed by atoms with Crippen LogP contribution in [0.25, 0.3) is 11.3 Å². The van der Waals surface area contributed by atoms with Gasteiger partial charge in [0.15, 0.2) is 0 Å². The number of anilines is 2. The van der Waals surface area contributed by atoms with Crippen LogP contribution in [0.5, 0.6) is 0 Å². The van der Waals surface area contributed by atoms with Crippen LogP contribution < -0.4 is 11.1 Å². The number of hydrogen-bond acceptors (Lipinski definition) is 6. The Morgan fingerprint density at radius 1 is 1.20 bits per heavy atom. The first kappa shape index (κ1) is 21.1. The van der Waals surface area contributed by atoms with Gasteiger partial charge in [0.25, 0.3) is 0 Å². The van der Waals surface area contributed by atoms with Gasteiger partial charge in [-0.3, -0.25) is 4.98 Å². The van der Waals surface area contributed by atoms with Crippen LogP contribution in [0.2, 0.25) is 0 Å². The van der Waals surface area contributed by atoms with Crippen molar-refractivity contribution in [2.24, 2.45) is 0 Å². The van der Waals surface area contributed by atoms with Gasteiger partial charge in [-0.2, -0.15) is 0 Å². The molecular weight excluding hydrogens is 381 g/mol. The van der Waals surface area contributed by atoms with E-state index < -0.39 is 0 Å². The van der Waals surface area contributed by atoms with Crippen LogP contribution in [0.1, 0.15) is 25.0 Å². The van der Waals surface area contributed by atoms with E-state index in [0.29, 0.717) is 23.7 Å². The molecule has 1 aliphatic rings. The smallest absolute Gasteiger partial charge is 0.148 e. The number of aromatic nitrogens is 3. The number of terminal acetylenes is 1. The number of nitrogens with zero attached hydrogens (tertiary/aromatic N) is 3. The van der Waals surface area contributed by atoms with Crippen molar-refractivity contribution in [3.8, 4) is 23.8 Å². The Kier molecular flexibility index (Phi) is 6.81. The maximum Gasteiger partial charge on any atom is 0.148 e. The summed E-state index contributed by atoms with van der Waals surface area (Å²) >= 11 is 0. The number of nitrogen functional groups attached to an aromatic ring is 1. The molecule has 0 radical (unpaired) electrons. The van der Waals surface area contributed by atoms with E-state index in [0.717, 1.165) is 30.5 Å². The van der Waals surface area contributed by atoms with E-state index in [2.05, 4.69) is 31.7 Å². The Balaban J connectivity index is 0.000000589. The van der Waals surface area contributed by atoms with Crippen LogP contribution >= 0.6 is 0 Å². The van der Waals surface area contributed by atoms with Gasteiger partial charge in [-0.15, -0.1) is 10.2 Å². The lowest BCUT2D eigenvalue weighted by molar-refractivity contribution is 0.243. The molecule has 1 aromatic carbocycles. The monoisotopic (exact) mass is 405 g/mol. The molecule has 3 N–H and O–H groups in total. The van der Waals surface area contributed by atoms with Crippen LogP contribution in [-0.4, -0.2) is 28.8 Å². The molecule has 2 heterocycles. The Bertz CT molecular complexity index is 1010. The number of methoxy groups -OCH3 is 1. The molecule has 0 atom stereocenters. The number of halogens is 1. The number of benzene rings is 1. The minimum atomic E-state index is -0.264. The van der Waals surface area contributed by atoms with Gasteiger partial charge in [0.2, 0.25) is 0 Å². The third-order valence-electron chi connectivity index (χ3n) is 5.14. The molecule has 0 amide bonds. The Morgan fingerprint density at radius 3 is 2.57 bits per heavy atom. The van der Waals surface area contributed by atoms with Crippen molar-refractivity contribution in [2.75, 3.05) is 24.7 Å². The molecule has 3 aromatic rings. The van der Waals surface area contributed by atoms with Crippen LogP contribution in [0, 0.1) is 18.3 Å². The summed E-state index contributed by atoms with van der Waals surface area (Å²) in [6.45, 7) is 0.591. The average Bonchev–Trinajstić information content (AvgIpc) is 2.75.